The molecule has 4 heteroatoms. The van der Waals surface area contributed by atoms with Crippen molar-refractivity contribution >= 4 is 5.91 Å². The third-order valence-electron chi connectivity index (χ3n) is 3.09. The van der Waals surface area contributed by atoms with Gasteiger partial charge in [-0.15, -0.1) is 0 Å². The van der Waals surface area contributed by atoms with Crippen molar-refractivity contribution in [2.45, 2.75) is 26.4 Å². The van der Waals surface area contributed by atoms with Gasteiger partial charge >= 0.3 is 0 Å². The molecule has 112 valence electrons. The van der Waals surface area contributed by atoms with E-state index in [1.807, 2.05) is 67.2 Å². The number of carbonyl (C=O) groups excluding carboxylic acids is 1. The van der Waals surface area contributed by atoms with Crippen molar-refractivity contribution in [1.82, 2.24) is 9.88 Å². The van der Waals surface area contributed by atoms with Gasteiger partial charge in [0.05, 0.1) is 6.10 Å². The third-order valence-corrected chi connectivity index (χ3v) is 3.09. The summed E-state index contributed by atoms with van der Waals surface area (Å²) in [7, 11) is 0. The first-order valence-corrected chi connectivity index (χ1v) is 7.30. The maximum Gasteiger partial charge on any atom is 0.251 e. The van der Waals surface area contributed by atoms with Crippen LogP contribution >= 0.6 is 0 Å². The molecule has 1 aromatic heterocycles. The molecular formula is C17H22N2O2. The van der Waals surface area contributed by atoms with Crippen LogP contribution in [0.5, 0.6) is 0 Å². The summed E-state index contributed by atoms with van der Waals surface area (Å²) < 4.78 is 7.44. The molecule has 0 bridgehead atoms. The molecule has 1 amide bonds. The second-order valence-corrected chi connectivity index (χ2v) is 5.17. The normalized spacial score (nSPS) is 10.8. The average Bonchev–Trinajstić information content (AvgIpc) is 3.01. The van der Waals surface area contributed by atoms with Gasteiger partial charge in [-0.1, -0.05) is 0 Å². The molecule has 0 saturated heterocycles. The van der Waals surface area contributed by atoms with Crippen molar-refractivity contribution in [3.63, 3.8) is 0 Å². The Morgan fingerprint density at radius 3 is 2.48 bits per heavy atom. The minimum atomic E-state index is -0.0430. The highest BCUT2D eigenvalue weighted by atomic mass is 16.5. The molecule has 4 nitrogen and oxygen atoms in total. The Kier molecular flexibility index (Phi) is 5.58. The maximum absolute atomic E-state index is 12.0. The van der Waals surface area contributed by atoms with E-state index in [0.717, 1.165) is 12.1 Å². The highest BCUT2D eigenvalue weighted by molar-refractivity contribution is 5.94. The van der Waals surface area contributed by atoms with E-state index in [0.29, 0.717) is 18.7 Å². The summed E-state index contributed by atoms with van der Waals surface area (Å²) in [6.07, 6.45) is 5.01. The van der Waals surface area contributed by atoms with Crippen molar-refractivity contribution in [3.8, 4) is 5.69 Å². The summed E-state index contributed by atoms with van der Waals surface area (Å²) in [5, 5.41) is 2.90. The minimum absolute atomic E-state index is 0.0430. The smallest absolute Gasteiger partial charge is 0.251 e. The van der Waals surface area contributed by atoms with Gasteiger partial charge in [0.15, 0.2) is 0 Å². The molecule has 0 aliphatic carbocycles. The molecular weight excluding hydrogens is 264 g/mol. The highest BCUT2D eigenvalue weighted by Gasteiger charge is 2.05. The van der Waals surface area contributed by atoms with Gasteiger partial charge in [-0.05, 0) is 56.7 Å². The minimum Gasteiger partial charge on any atom is -0.379 e. The molecule has 0 fully saturated rings. The fourth-order valence-electron chi connectivity index (χ4n) is 1.99. The number of hydrogen-bond acceptors (Lipinski definition) is 2. The molecule has 21 heavy (non-hydrogen) atoms. The van der Waals surface area contributed by atoms with Crippen molar-refractivity contribution in [3.05, 3.63) is 54.4 Å². The van der Waals surface area contributed by atoms with Crippen LogP contribution in [-0.4, -0.2) is 29.7 Å². The highest BCUT2D eigenvalue weighted by Crippen LogP contribution is 2.10. The predicted octanol–water partition coefficient (Wildman–Crippen LogP) is 3.02. The SMILES string of the molecule is CC(C)OCCCNC(=O)c1ccc(-n2cccc2)cc1. The van der Waals surface area contributed by atoms with Gasteiger partial charge in [-0.25, -0.2) is 0 Å². The molecule has 0 aliphatic heterocycles. The van der Waals surface area contributed by atoms with E-state index in [1.54, 1.807) is 0 Å². The predicted molar refractivity (Wildman–Crippen MR) is 83.8 cm³/mol. The lowest BCUT2D eigenvalue weighted by Crippen LogP contribution is -2.25. The number of benzene rings is 1. The zero-order valence-electron chi connectivity index (χ0n) is 12.6. The van der Waals surface area contributed by atoms with Gasteiger partial charge in [-0.2, -0.15) is 0 Å². The van der Waals surface area contributed by atoms with Crippen LogP contribution in [-0.2, 0) is 4.74 Å². The van der Waals surface area contributed by atoms with Gasteiger partial charge in [-0.3, -0.25) is 4.79 Å². The zero-order valence-corrected chi connectivity index (χ0v) is 12.6. The van der Waals surface area contributed by atoms with Crippen LogP contribution in [0.25, 0.3) is 5.69 Å². The van der Waals surface area contributed by atoms with E-state index in [-0.39, 0.29) is 12.0 Å². The molecule has 0 unspecified atom stereocenters. The second-order valence-electron chi connectivity index (χ2n) is 5.17. The van der Waals surface area contributed by atoms with Gasteiger partial charge in [0.2, 0.25) is 0 Å². The number of ether oxygens (including phenoxy) is 1. The number of nitrogens with one attached hydrogen (secondary N) is 1. The summed E-state index contributed by atoms with van der Waals surface area (Å²) in [6.45, 7) is 5.31. The topological polar surface area (TPSA) is 43.3 Å². The van der Waals surface area contributed by atoms with Gasteiger partial charge in [0.1, 0.15) is 0 Å². The first-order valence-electron chi connectivity index (χ1n) is 7.30. The van der Waals surface area contributed by atoms with E-state index in [2.05, 4.69) is 5.32 Å². The van der Waals surface area contributed by atoms with Crippen LogP contribution < -0.4 is 5.32 Å². The van der Waals surface area contributed by atoms with Crippen LogP contribution in [0.4, 0.5) is 0 Å². The number of hydrogen-bond donors (Lipinski definition) is 1. The van der Waals surface area contributed by atoms with E-state index < -0.39 is 0 Å². The summed E-state index contributed by atoms with van der Waals surface area (Å²) in [6, 6.07) is 11.5. The van der Waals surface area contributed by atoms with E-state index in [1.165, 1.54) is 0 Å². The molecule has 2 aromatic rings. The van der Waals surface area contributed by atoms with Gasteiger partial charge in [0.25, 0.3) is 5.91 Å². The van der Waals surface area contributed by atoms with E-state index in [9.17, 15) is 4.79 Å². The van der Waals surface area contributed by atoms with Crippen LogP contribution in [0.1, 0.15) is 30.6 Å². The number of carbonyl (C=O) groups is 1. The molecule has 0 radical (unpaired) electrons. The Balaban J connectivity index is 1.80. The fraction of sp³-hybridized carbons (Fsp3) is 0.353. The lowest BCUT2D eigenvalue weighted by Gasteiger charge is -2.09. The average molecular weight is 286 g/mol. The molecule has 2 rings (SSSR count). The van der Waals surface area contributed by atoms with Crippen LogP contribution in [0.15, 0.2) is 48.8 Å². The summed E-state index contributed by atoms with van der Waals surface area (Å²) in [5.41, 5.74) is 1.72. The first-order chi connectivity index (χ1) is 10.2. The second kappa shape index (κ2) is 7.64. The molecule has 0 aliphatic rings. The molecule has 1 N–H and O–H groups in total. The number of nitrogens with zero attached hydrogens (tertiary/aromatic N) is 1. The summed E-state index contributed by atoms with van der Waals surface area (Å²) in [5.74, 6) is -0.0430. The molecule has 0 spiro atoms. The Labute approximate surface area is 125 Å². The van der Waals surface area contributed by atoms with Crippen LogP contribution in [0.3, 0.4) is 0 Å². The van der Waals surface area contributed by atoms with Gasteiger partial charge < -0.3 is 14.6 Å². The lowest BCUT2D eigenvalue weighted by molar-refractivity contribution is 0.0757. The van der Waals surface area contributed by atoms with E-state index in [4.69, 9.17) is 4.74 Å². The molecule has 0 saturated carbocycles. The molecule has 0 atom stereocenters. The number of amides is 1. The van der Waals surface area contributed by atoms with Crippen molar-refractivity contribution in [2.75, 3.05) is 13.2 Å². The van der Waals surface area contributed by atoms with Crippen molar-refractivity contribution in [2.24, 2.45) is 0 Å². The van der Waals surface area contributed by atoms with Crippen LogP contribution in [0.2, 0.25) is 0 Å². The first kappa shape index (κ1) is 15.3. The third kappa shape index (κ3) is 4.76. The largest absolute Gasteiger partial charge is 0.379 e. The van der Waals surface area contributed by atoms with Crippen LogP contribution in [0, 0.1) is 0 Å². The molecule has 1 aromatic carbocycles. The van der Waals surface area contributed by atoms with Crippen molar-refractivity contribution in [1.29, 1.82) is 0 Å². The quantitative estimate of drug-likeness (QED) is 0.795. The number of rotatable bonds is 7. The Morgan fingerprint density at radius 2 is 1.86 bits per heavy atom. The summed E-state index contributed by atoms with van der Waals surface area (Å²) >= 11 is 0. The molecule has 1 heterocycles. The zero-order chi connectivity index (χ0) is 15.1. The Bertz CT molecular complexity index is 545. The Hall–Kier alpha value is -2.07. The van der Waals surface area contributed by atoms with E-state index >= 15 is 0 Å². The van der Waals surface area contributed by atoms with Gasteiger partial charge in [0, 0.05) is 36.8 Å². The Morgan fingerprint density at radius 1 is 1.19 bits per heavy atom. The standard InChI is InChI=1S/C17H22N2O2/c1-14(2)21-13-5-10-18-17(20)15-6-8-16(9-7-15)19-11-3-4-12-19/h3-4,6-9,11-12,14H,5,10,13H2,1-2H3,(H,18,20). The number of aromatic nitrogens is 1. The fourth-order valence-corrected chi connectivity index (χ4v) is 1.99. The van der Waals surface area contributed by atoms with Crippen molar-refractivity contribution < 1.29 is 9.53 Å². The lowest BCUT2D eigenvalue weighted by atomic mass is 10.2. The summed E-state index contributed by atoms with van der Waals surface area (Å²) in [4.78, 5) is 12.0. The maximum atomic E-state index is 12.0. The monoisotopic (exact) mass is 286 g/mol.